The van der Waals surface area contributed by atoms with Crippen LogP contribution in [0.4, 0.5) is 0 Å². The summed E-state index contributed by atoms with van der Waals surface area (Å²) in [7, 11) is 0. The second-order valence-electron chi connectivity index (χ2n) is 4.35. The van der Waals surface area contributed by atoms with Gasteiger partial charge in [0.15, 0.2) is 0 Å². The fourth-order valence-corrected chi connectivity index (χ4v) is 3.16. The largest absolute Gasteiger partial charge is 0.387 e. The van der Waals surface area contributed by atoms with Gasteiger partial charge < -0.3 is 5.11 Å². The van der Waals surface area contributed by atoms with Crippen LogP contribution in [0.5, 0.6) is 0 Å². The first kappa shape index (κ1) is 12.0. The van der Waals surface area contributed by atoms with Crippen molar-refractivity contribution in [1.82, 2.24) is 0 Å². The van der Waals surface area contributed by atoms with E-state index in [9.17, 15) is 5.11 Å². The Morgan fingerprint density at radius 3 is 2.38 bits per heavy atom. The van der Waals surface area contributed by atoms with E-state index in [0.717, 1.165) is 0 Å². The van der Waals surface area contributed by atoms with Crippen molar-refractivity contribution in [2.75, 3.05) is 0 Å². The summed E-state index contributed by atoms with van der Waals surface area (Å²) in [6.07, 6.45) is 5.61. The van der Waals surface area contributed by atoms with Gasteiger partial charge >= 0.3 is 0 Å². The van der Waals surface area contributed by atoms with Gasteiger partial charge in [-0.15, -0.1) is 0 Å². The van der Waals surface area contributed by atoms with Crippen LogP contribution in [0.25, 0.3) is 0 Å². The molecule has 0 fully saturated rings. The first-order valence-corrected chi connectivity index (χ1v) is 6.37. The third kappa shape index (κ3) is 2.28. The van der Waals surface area contributed by atoms with E-state index in [0.29, 0.717) is 0 Å². The zero-order valence-corrected chi connectivity index (χ0v) is 12.3. The standard InChI is InChI=1S/C10H14I2O/c1-9(2,3)10(12)6-7(11)4-5-8(10)13/h4-6,8,13H,1-3H3. The summed E-state index contributed by atoms with van der Waals surface area (Å²) in [5, 5.41) is 9.94. The lowest BCUT2D eigenvalue weighted by Gasteiger charge is -2.42. The average molecular weight is 404 g/mol. The predicted octanol–water partition coefficient (Wildman–Crippen LogP) is 3.46. The topological polar surface area (TPSA) is 20.2 Å². The maximum Gasteiger partial charge on any atom is 0.0910 e. The number of aliphatic hydroxyl groups is 1. The average Bonchev–Trinajstić information content (AvgIpc) is 1.95. The van der Waals surface area contributed by atoms with Crippen LogP contribution < -0.4 is 0 Å². The molecule has 0 aromatic heterocycles. The number of allylic oxidation sites excluding steroid dienone is 2. The maximum atomic E-state index is 9.94. The molecule has 0 radical (unpaired) electrons. The van der Waals surface area contributed by atoms with E-state index >= 15 is 0 Å². The van der Waals surface area contributed by atoms with Gasteiger partial charge in [-0.05, 0) is 28.0 Å². The first-order valence-electron chi connectivity index (χ1n) is 4.21. The molecule has 2 unspecified atom stereocenters. The molecule has 2 atom stereocenters. The highest BCUT2D eigenvalue weighted by molar-refractivity contribution is 14.1. The van der Waals surface area contributed by atoms with Gasteiger partial charge in [0, 0.05) is 3.58 Å². The fraction of sp³-hybridized carbons (Fsp3) is 0.600. The molecule has 0 spiro atoms. The molecule has 3 heteroatoms. The van der Waals surface area contributed by atoms with Crippen molar-refractivity contribution >= 4 is 45.2 Å². The summed E-state index contributed by atoms with van der Waals surface area (Å²) in [5.74, 6) is 0. The van der Waals surface area contributed by atoms with Gasteiger partial charge in [-0.25, -0.2) is 0 Å². The van der Waals surface area contributed by atoms with Crippen LogP contribution in [0, 0.1) is 5.41 Å². The van der Waals surface area contributed by atoms with Crippen molar-refractivity contribution in [3.63, 3.8) is 0 Å². The van der Waals surface area contributed by atoms with E-state index in [2.05, 4.69) is 72.0 Å². The summed E-state index contributed by atoms with van der Waals surface area (Å²) < 4.78 is 1.02. The highest BCUT2D eigenvalue weighted by Crippen LogP contribution is 2.46. The Labute approximate surface area is 107 Å². The summed E-state index contributed by atoms with van der Waals surface area (Å²) in [6.45, 7) is 6.46. The zero-order chi connectivity index (χ0) is 10.3. The summed E-state index contributed by atoms with van der Waals surface area (Å²) in [4.78, 5) is 0. The van der Waals surface area contributed by atoms with Crippen molar-refractivity contribution in [2.45, 2.75) is 30.3 Å². The van der Waals surface area contributed by atoms with E-state index in [4.69, 9.17) is 0 Å². The molecule has 0 saturated carbocycles. The fourth-order valence-electron chi connectivity index (χ4n) is 1.32. The summed E-state index contributed by atoms with van der Waals surface area (Å²) >= 11 is 4.65. The minimum atomic E-state index is -0.383. The lowest BCUT2D eigenvalue weighted by molar-refractivity contribution is 0.140. The lowest BCUT2D eigenvalue weighted by atomic mass is 9.75. The third-order valence-corrected chi connectivity index (χ3v) is 5.60. The molecule has 1 N–H and O–H groups in total. The quantitative estimate of drug-likeness (QED) is 0.485. The molecular weight excluding hydrogens is 390 g/mol. The van der Waals surface area contributed by atoms with Gasteiger partial charge in [-0.2, -0.15) is 0 Å². The van der Waals surface area contributed by atoms with Gasteiger partial charge in [-0.1, -0.05) is 61.6 Å². The SMILES string of the molecule is CC(C)(C)C1(I)C=C(I)C=CC1O. The Hall–Kier alpha value is 0.900. The van der Waals surface area contributed by atoms with Gasteiger partial charge in [0.25, 0.3) is 0 Å². The molecule has 0 aliphatic heterocycles. The van der Waals surface area contributed by atoms with Crippen LogP contribution in [-0.2, 0) is 0 Å². The van der Waals surface area contributed by atoms with E-state index in [1.165, 1.54) is 3.58 Å². The molecule has 1 aliphatic rings. The van der Waals surface area contributed by atoms with Crippen molar-refractivity contribution in [3.8, 4) is 0 Å². The molecule has 1 aliphatic carbocycles. The molecule has 74 valence electrons. The number of rotatable bonds is 0. The molecule has 0 saturated heterocycles. The number of aliphatic hydroxyl groups excluding tert-OH is 1. The normalized spacial score (nSPS) is 34.6. The van der Waals surface area contributed by atoms with Crippen LogP contribution >= 0.6 is 45.2 Å². The van der Waals surface area contributed by atoms with E-state index in [1.54, 1.807) is 0 Å². The van der Waals surface area contributed by atoms with Crippen LogP contribution in [0.1, 0.15) is 20.8 Å². The molecule has 0 aromatic carbocycles. The number of hydrogen-bond donors (Lipinski definition) is 1. The Kier molecular flexibility index (Phi) is 3.51. The molecule has 0 amide bonds. The van der Waals surface area contributed by atoms with Gasteiger partial charge in [0.2, 0.25) is 0 Å². The van der Waals surface area contributed by atoms with Crippen molar-refractivity contribution in [2.24, 2.45) is 5.41 Å². The van der Waals surface area contributed by atoms with E-state index in [1.807, 2.05) is 12.2 Å². The van der Waals surface area contributed by atoms with Crippen LogP contribution in [0.2, 0.25) is 0 Å². The second-order valence-corrected chi connectivity index (χ2v) is 7.38. The molecule has 0 heterocycles. The minimum absolute atomic E-state index is 0.0636. The predicted molar refractivity (Wildman–Crippen MR) is 73.5 cm³/mol. The molecule has 1 nitrogen and oxygen atoms in total. The van der Waals surface area contributed by atoms with Crippen LogP contribution in [0.3, 0.4) is 0 Å². The first-order chi connectivity index (χ1) is 5.77. The maximum absolute atomic E-state index is 9.94. The summed E-state index contributed by atoms with van der Waals surface area (Å²) in [6, 6.07) is 0. The van der Waals surface area contributed by atoms with Crippen molar-refractivity contribution in [1.29, 1.82) is 0 Å². The summed E-state index contributed by atoms with van der Waals surface area (Å²) in [5.41, 5.74) is 0.0636. The zero-order valence-electron chi connectivity index (χ0n) is 8.01. The highest BCUT2D eigenvalue weighted by Gasteiger charge is 2.44. The van der Waals surface area contributed by atoms with Gasteiger partial charge in [-0.3, -0.25) is 0 Å². The second kappa shape index (κ2) is 3.81. The molecule has 13 heavy (non-hydrogen) atoms. The highest BCUT2D eigenvalue weighted by atomic mass is 127. The molecule has 0 bridgehead atoms. The van der Waals surface area contributed by atoms with E-state index in [-0.39, 0.29) is 14.9 Å². The number of hydrogen-bond acceptors (Lipinski definition) is 1. The van der Waals surface area contributed by atoms with Crippen LogP contribution in [0.15, 0.2) is 21.8 Å². The van der Waals surface area contributed by atoms with Crippen molar-refractivity contribution in [3.05, 3.63) is 21.8 Å². The number of alkyl halides is 1. The monoisotopic (exact) mass is 404 g/mol. The van der Waals surface area contributed by atoms with Gasteiger partial charge in [0.05, 0.1) is 9.53 Å². The minimum Gasteiger partial charge on any atom is -0.387 e. The number of halogens is 2. The Bertz CT molecular complexity index is 263. The molecular formula is C10H14I2O. The third-order valence-electron chi connectivity index (χ3n) is 2.37. The Balaban J connectivity index is 3.09. The molecule has 1 rings (SSSR count). The lowest BCUT2D eigenvalue weighted by Crippen LogP contribution is -2.45. The Morgan fingerprint density at radius 1 is 1.46 bits per heavy atom. The van der Waals surface area contributed by atoms with E-state index < -0.39 is 0 Å². The van der Waals surface area contributed by atoms with Gasteiger partial charge in [0.1, 0.15) is 0 Å². The van der Waals surface area contributed by atoms with Crippen molar-refractivity contribution < 1.29 is 5.11 Å². The van der Waals surface area contributed by atoms with Crippen LogP contribution in [-0.4, -0.2) is 14.6 Å². The molecule has 0 aromatic rings. The Morgan fingerprint density at radius 2 is 2.00 bits per heavy atom. The smallest absolute Gasteiger partial charge is 0.0910 e.